The third kappa shape index (κ3) is 4.32. The van der Waals surface area contributed by atoms with Crippen molar-refractivity contribution in [2.24, 2.45) is 11.3 Å². The van der Waals surface area contributed by atoms with Crippen molar-refractivity contribution in [2.45, 2.75) is 32.7 Å². The number of rotatable bonds is 7. The second-order valence-corrected chi connectivity index (χ2v) is 7.94. The van der Waals surface area contributed by atoms with Crippen LogP contribution < -0.4 is 10.6 Å². The van der Waals surface area contributed by atoms with Crippen molar-refractivity contribution < 1.29 is 5.11 Å². The minimum Gasteiger partial charge on any atom is -0.396 e. The fourth-order valence-corrected chi connectivity index (χ4v) is 3.62. The van der Waals surface area contributed by atoms with Crippen molar-refractivity contribution in [1.82, 2.24) is 9.97 Å². The molecule has 1 saturated carbocycles. The van der Waals surface area contributed by atoms with E-state index in [1.165, 1.54) is 6.20 Å². The van der Waals surface area contributed by atoms with E-state index >= 15 is 0 Å². The highest BCUT2D eigenvalue weighted by atomic mass is 35.5. The van der Waals surface area contributed by atoms with Crippen molar-refractivity contribution in [1.29, 1.82) is 5.26 Å². The van der Waals surface area contributed by atoms with Gasteiger partial charge in [0, 0.05) is 24.2 Å². The van der Waals surface area contributed by atoms with E-state index in [2.05, 4.69) is 40.5 Å². The molecule has 0 saturated heterocycles. The summed E-state index contributed by atoms with van der Waals surface area (Å²) in [5.41, 5.74) is 1.50. The Balaban J connectivity index is 1.64. The van der Waals surface area contributed by atoms with E-state index in [1.54, 1.807) is 0 Å². The molecular formula is C20H24ClN5O. The van der Waals surface area contributed by atoms with Gasteiger partial charge in [-0.1, -0.05) is 37.6 Å². The van der Waals surface area contributed by atoms with Gasteiger partial charge in [0.15, 0.2) is 0 Å². The first-order chi connectivity index (χ1) is 12.9. The molecule has 1 aliphatic carbocycles. The lowest BCUT2D eigenvalue weighted by molar-refractivity contribution is 0.00449. The number of hydrogen-bond acceptors (Lipinski definition) is 6. The van der Waals surface area contributed by atoms with E-state index in [4.69, 9.17) is 11.6 Å². The van der Waals surface area contributed by atoms with Gasteiger partial charge in [0.1, 0.15) is 17.5 Å². The van der Waals surface area contributed by atoms with Gasteiger partial charge in [0.05, 0.1) is 6.20 Å². The molecule has 7 heteroatoms. The lowest BCUT2D eigenvalue weighted by atomic mass is 9.59. The van der Waals surface area contributed by atoms with Crippen LogP contribution in [0.25, 0.3) is 0 Å². The Morgan fingerprint density at radius 3 is 2.89 bits per heavy atom. The van der Waals surface area contributed by atoms with Crippen LogP contribution in [0.3, 0.4) is 0 Å². The number of anilines is 2. The average molecular weight is 386 g/mol. The number of nitriles is 1. The topological polar surface area (TPSA) is 93.9 Å². The summed E-state index contributed by atoms with van der Waals surface area (Å²) in [6.07, 6.45) is 3.18. The van der Waals surface area contributed by atoms with E-state index in [9.17, 15) is 10.4 Å². The summed E-state index contributed by atoms with van der Waals surface area (Å²) < 4.78 is 0. The Morgan fingerprint density at radius 1 is 1.41 bits per heavy atom. The summed E-state index contributed by atoms with van der Waals surface area (Å²) in [5.74, 6) is 1.28. The van der Waals surface area contributed by atoms with Crippen LogP contribution in [-0.2, 0) is 6.42 Å². The van der Waals surface area contributed by atoms with E-state index in [0.29, 0.717) is 23.9 Å². The van der Waals surface area contributed by atoms with Gasteiger partial charge in [0.2, 0.25) is 5.95 Å². The summed E-state index contributed by atoms with van der Waals surface area (Å²) >= 11 is 6.01. The van der Waals surface area contributed by atoms with Crippen LogP contribution in [-0.4, -0.2) is 34.3 Å². The molecule has 1 heterocycles. The van der Waals surface area contributed by atoms with Crippen LogP contribution in [0.1, 0.15) is 31.4 Å². The fraction of sp³-hybridized carbons (Fsp3) is 0.450. The molecule has 27 heavy (non-hydrogen) atoms. The maximum absolute atomic E-state index is 9.43. The van der Waals surface area contributed by atoms with Crippen LogP contribution in [0.5, 0.6) is 0 Å². The Morgan fingerprint density at radius 2 is 2.22 bits per heavy atom. The third-order valence-corrected chi connectivity index (χ3v) is 5.73. The second-order valence-electron chi connectivity index (χ2n) is 7.51. The molecule has 0 spiro atoms. The zero-order valence-corrected chi connectivity index (χ0v) is 16.3. The quantitative estimate of drug-likeness (QED) is 0.675. The van der Waals surface area contributed by atoms with Gasteiger partial charge in [-0.3, -0.25) is 0 Å². The van der Waals surface area contributed by atoms with E-state index in [1.807, 2.05) is 24.3 Å². The smallest absolute Gasteiger partial charge is 0.224 e. The van der Waals surface area contributed by atoms with Gasteiger partial charge in [-0.05, 0) is 41.9 Å². The maximum Gasteiger partial charge on any atom is 0.224 e. The third-order valence-electron chi connectivity index (χ3n) is 5.50. The Bertz CT molecular complexity index is 849. The molecule has 0 aliphatic heterocycles. The summed E-state index contributed by atoms with van der Waals surface area (Å²) in [4.78, 5) is 8.71. The standard InChI is InChI=1S/C20H24ClN5O/c1-20(2)15(12-27)9-17(20)25-18-14(10-22)11-24-19(26-18)23-7-6-13-4-3-5-16(21)8-13/h3-5,8,11,15,17,27H,6-7,9,12H2,1-2H3,(H2,23,24,25,26)/t15-,17-/m1/s1. The predicted octanol–water partition coefficient (Wildman–Crippen LogP) is 3.48. The minimum absolute atomic E-state index is 0.0490. The van der Waals surface area contributed by atoms with Crippen LogP contribution >= 0.6 is 11.6 Å². The molecule has 1 aromatic heterocycles. The Hall–Kier alpha value is -2.36. The first-order valence-electron chi connectivity index (χ1n) is 9.07. The number of benzene rings is 1. The molecule has 0 amide bonds. The van der Waals surface area contributed by atoms with Crippen LogP contribution in [0.2, 0.25) is 5.02 Å². The highest BCUT2D eigenvalue weighted by molar-refractivity contribution is 6.30. The first kappa shape index (κ1) is 19.4. The first-order valence-corrected chi connectivity index (χ1v) is 9.44. The molecule has 2 aromatic rings. The Labute approximate surface area is 164 Å². The SMILES string of the molecule is CC1(C)[C@@H](CO)C[C@H]1Nc1nc(NCCc2cccc(Cl)c2)ncc1C#N. The summed E-state index contributed by atoms with van der Waals surface area (Å²) in [7, 11) is 0. The zero-order valence-electron chi connectivity index (χ0n) is 15.5. The number of nitrogens with one attached hydrogen (secondary N) is 2. The highest BCUT2D eigenvalue weighted by Gasteiger charge is 2.47. The van der Waals surface area contributed by atoms with E-state index in [-0.39, 0.29) is 24.0 Å². The van der Waals surface area contributed by atoms with Crippen LogP contribution in [0, 0.1) is 22.7 Å². The van der Waals surface area contributed by atoms with Crippen molar-refractivity contribution >= 4 is 23.4 Å². The largest absolute Gasteiger partial charge is 0.396 e. The monoisotopic (exact) mass is 385 g/mol. The molecule has 3 rings (SSSR count). The number of halogens is 1. The minimum atomic E-state index is -0.0490. The predicted molar refractivity (Wildman–Crippen MR) is 107 cm³/mol. The second kappa shape index (κ2) is 8.12. The van der Waals surface area contributed by atoms with Crippen molar-refractivity contribution in [3.8, 4) is 6.07 Å². The van der Waals surface area contributed by atoms with E-state index in [0.717, 1.165) is 23.4 Å². The molecule has 1 aliphatic rings. The van der Waals surface area contributed by atoms with Gasteiger partial charge in [-0.15, -0.1) is 0 Å². The lowest BCUT2D eigenvalue weighted by Crippen LogP contribution is -2.54. The molecule has 0 bridgehead atoms. The molecule has 142 valence electrons. The van der Waals surface area contributed by atoms with Crippen LogP contribution in [0.15, 0.2) is 30.5 Å². The molecular weight excluding hydrogens is 362 g/mol. The molecule has 0 unspecified atom stereocenters. The van der Waals surface area contributed by atoms with Crippen molar-refractivity contribution in [3.05, 3.63) is 46.6 Å². The number of aliphatic hydroxyl groups excluding tert-OH is 1. The molecule has 2 atom stereocenters. The zero-order chi connectivity index (χ0) is 19.4. The molecule has 1 aromatic carbocycles. The van der Waals surface area contributed by atoms with E-state index < -0.39 is 0 Å². The van der Waals surface area contributed by atoms with Crippen LogP contribution in [0.4, 0.5) is 11.8 Å². The van der Waals surface area contributed by atoms with Gasteiger partial charge in [-0.2, -0.15) is 10.2 Å². The number of hydrogen-bond donors (Lipinski definition) is 3. The normalized spacial score (nSPS) is 20.4. The van der Waals surface area contributed by atoms with Gasteiger partial charge in [-0.25, -0.2) is 4.98 Å². The molecule has 1 fully saturated rings. The highest BCUT2D eigenvalue weighted by Crippen LogP contribution is 2.47. The fourth-order valence-electron chi connectivity index (χ4n) is 3.41. The van der Waals surface area contributed by atoms with Gasteiger partial charge in [0.25, 0.3) is 0 Å². The summed E-state index contributed by atoms with van der Waals surface area (Å²) in [5, 5.41) is 26.1. The molecule has 0 radical (unpaired) electrons. The lowest BCUT2D eigenvalue weighted by Gasteiger charge is -2.52. The Kier molecular flexibility index (Phi) is 5.83. The number of nitrogens with zero attached hydrogens (tertiary/aromatic N) is 3. The summed E-state index contributed by atoms with van der Waals surface area (Å²) in [6, 6.07) is 10.0. The number of aliphatic hydroxyl groups is 1. The molecule has 3 N–H and O–H groups in total. The van der Waals surface area contributed by atoms with Crippen molar-refractivity contribution in [2.75, 3.05) is 23.8 Å². The molecule has 6 nitrogen and oxygen atoms in total. The average Bonchev–Trinajstić information content (AvgIpc) is 2.65. The van der Waals surface area contributed by atoms with Crippen molar-refractivity contribution in [3.63, 3.8) is 0 Å². The van der Waals surface area contributed by atoms with Gasteiger partial charge >= 0.3 is 0 Å². The summed E-state index contributed by atoms with van der Waals surface area (Å²) in [6.45, 7) is 5.07. The maximum atomic E-state index is 9.43. The van der Waals surface area contributed by atoms with Gasteiger partial charge < -0.3 is 15.7 Å². The number of aromatic nitrogens is 2.